The van der Waals surface area contributed by atoms with Crippen molar-refractivity contribution < 1.29 is 9.59 Å². The predicted molar refractivity (Wildman–Crippen MR) is 113 cm³/mol. The van der Waals surface area contributed by atoms with Crippen molar-refractivity contribution in [2.24, 2.45) is 17.6 Å². The van der Waals surface area contributed by atoms with E-state index in [4.69, 9.17) is 5.73 Å². The average molecular weight is 382 g/mol. The van der Waals surface area contributed by atoms with Gasteiger partial charge in [-0.05, 0) is 47.1 Å². The lowest BCUT2D eigenvalue weighted by atomic mass is 9.94. The van der Waals surface area contributed by atoms with Gasteiger partial charge in [0.25, 0.3) is 0 Å². The minimum atomic E-state index is -0.480. The van der Waals surface area contributed by atoms with Gasteiger partial charge in [0.2, 0.25) is 5.91 Å². The molecule has 0 fully saturated rings. The molecule has 0 bridgehead atoms. The maximum Gasteiger partial charge on any atom is 0.315 e. The fourth-order valence-electron chi connectivity index (χ4n) is 3.18. The Kier molecular flexibility index (Phi) is 7.61. The monoisotopic (exact) mass is 381 g/mol. The van der Waals surface area contributed by atoms with Crippen LogP contribution in [0.3, 0.4) is 0 Å². The lowest BCUT2D eigenvalue weighted by Crippen LogP contribution is -2.39. The van der Waals surface area contributed by atoms with E-state index >= 15 is 0 Å². The molecule has 0 aromatic heterocycles. The summed E-state index contributed by atoms with van der Waals surface area (Å²) in [6, 6.07) is 15.1. The fraction of sp³-hybridized carbons (Fsp3) is 0.391. The molecule has 28 heavy (non-hydrogen) atoms. The molecule has 0 aliphatic carbocycles. The Morgan fingerprint density at radius 2 is 1.64 bits per heavy atom. The zero-order valence-corrected chi connectivity index (χ0v) is 17.2. The maximum absolute atomic E-state index is 12.4. The van der Waals surface area contributed by atoms with Crippen molar-refractivity contribution in [3.63, 3.8) is 0 Å². The van der Waals surface area contributed by atoms with Crippen LogP contribution in [-0.4, -0.2) is 11.9 Å². The molecule has 5 nitrogen and oxygen atoms in total. The molecule has 2 rings (SSSR count). The Morgan fingerprint density at radius 3 is 2.21 bits per heavy atom. The predicted octanol–water partition coefficient (Wildman–Crippen LogP) is 4.18. The Morgan fingerprint density at radius 1 is 0.964 bits per heavy atom. The number of carbonyl (C=O) groups excluding carboxylic acids is 2. The quantitative estimate of drug-likeness (QED) is 0.641. The van der Waals surface area contributed by atoms with Crippen molar-refractivity contribution >= 4 is 11.9 Å². The summed E-state index contributed by atoms with van der Waals surface area (Å²) >= 11 is 0. The third kappa shape index (κ3) is 6.41. The first kappa shape index (κ1) is 21.5. The first-order valence-electron chi connectivity index (χ1n) is 9.78. The number of rotatable bonds is 8. The Balaban J connectivity index is 1.99. The number of hydrogen-bond donors (Lipinski definition) is 3. The molecule has 2 aromatic carbocycles. The van der Waals surface area contributed by atoms with Crippen molar-refractivity contribution in [1.29, 1.82) is 0 Å². The summed E-state index contributed by atoms with van der Waals surface area (Å²) in [4.78, 5) is 23.7. The van der Waals surface area contributed by atoms with Crippen LogP contribution in [0.5, 0.6) is 0 Å². The molecule has 0 heterocycles. The van der Waals surface area contributed by atoms with Gasteiger partial charge in [-0.25, -0.2) is 4.79 Å². The van der Waals surface area contributed by atoms with Crippen LogP contribution in [-0.2, 0) is 13.0 Å². The minimum Gasteiger partial charge on any atom is -0.366 e. The lowest BCUT2D eigenvalue weighted by Gasteiger charge is -2.23. The molecule has 2 aromatic rings. The maximum atomic E-state index is 12.4. The highest BCUT2D eigenvalue weighted by atomic mass is 16.2. The molecule has 0 radical (unpaired) electrons. The van der Waals surface area contributed by atoms with E-state index in [1.807, 2.05) is 6.07 Å². The molecule has 0 aliphatic heterocycles. The molecular weight excluding hydrogens is 350 g/mol. The van der Waals surface area contributed by atoms with Gasteiger partial charge in [-0.2, -0.15) is 0 Å². The van der Waals surface area contributed by atoms with E-state index in [0.717, 1.165) is 17.5 Å². The second-order valence-electron chi connectivity index (χ2n) is 7.95. The van der Waals surface area contributed by atoms with E-state index in [1.54, 1.807) is 18.2 Å². The summed E-state index contributed by atoms with van der Waals surface area (Å²) < 4.78 is 0. The van der Waals surface area contributed by atoms with E-state index in [9.17, 15) is 9.59 Å². The number of amides is 3. The first-order valence-corrected chi connectivity index (χ1v) is 9.78. The molecule has 5 heteroatoms. The molecular formula is C23H31N3O2. The number of benzene rings is 2. The van der Waals surface area contributed by atoms with Crippen LogP contribution >= 0.6 is 0 Å². The summed E-state index contributed by atoms with van der Waals surface area (Å²) in [5, 5.41) is 5.91. The third-order valence-corrected chi connectivity index (χ3v) is 4.60. The molecule has 0 aliphatic rings. The summed E-state index contributed by atoms with van der Waals surface area (Å²) in [5.74, 6) is 0.385. The van der Waals surface area contributed by atoms with Gasteiger partial charge >= 0.3 is 6.03 Å². The van der Waals surface area contributed by atoms with Crippen LogP contribution in [0, 0.1) is 11.8 Å². The molecule has 3 amide bonds. The van der Waals surface area contributed by atoms with E-state index in [0.29, 0.717) is 18.0 Å². The normalized spacial score (nSPS) is 12.1. The van der Waals surface area contributed by atoms with Crippen LogP contribution in [0.1, 0.15) is 60.8 Å². The minimum absolute atomic E-state index is 0.0787. The molecule has 1 unspecified atom stereocenters. The van der Waals surface area contributed by atoms with E-state index in [1.165, 1.54) is 5.56 Å². The summed E-state index contributed by atoms with van der Waals surface area (Å²) in [5.41, 5.74) is 8.95. The molecule has 150 valence electrons. The fourth-order valence-corrected chi connectivity index (χ4v) is 3.18. The highest BCUT2D eigenvalue weighted by Gasteiger charge is 2.18. The highest BCUT2D eigenvalue weighted by molar-refractivity contribution is 5.92. The van der Waals surface area contributed by atoms with Crippen molar-refractivity contribution in [1.82, 2.24) is 10.6 Å². The second kappa shape index (κ2) is 9.93. The van der Waals surface area contributed by atoms with Crippen LogP contribution in [0.25, 0.3) is 0 Å². The molecule has 0 saturated heterocycles. The summed E-state index contributed by atoms with van der Waals surface area (Å²) in [6.45, 7) is 8.91. The first-order chi connectivity index (χ1) is 13.3. The van der Waals surface area contributed by atoms with Crippen LogP contribution < -0.4 is 16.4 Å². The van der Waals surface area contributed by atoms with Crippen molar-refractivity contribution in [2.75, 3.05) is 0 Å². The Labute approximate surface area is 167 Å². The zero-order chi connectivity index (χ0) is 20.7. The summed E-state index contributed by atoms with van der Waals surface area (Å²) in [7, 11) is 0. The van der Waals surface area contributed by atoms with Crippen molar-refractivity contribution in [2.45, 2.75) is 46.7 Å². The van der Waals surface area contributed by atoms with Gasteiger partial charge in [-0.3, -0.25) is 4.79 Å². The molecule has 0 spiro atoms. The number of hydrogen-bond acceptors (Lipinski definition) is 2. The highest BCUT2D eigenvalue weighted by Crippen LogP contribution is 2.22. The van der Waals surface area contributed by atoms with Gasteiger partial charge in [0.15, 0.2) is 0 Å². The van der Waals surface area contributed by atoms with Crippen LogP contribution in [0.15, 0.2) is 48.5 Å². The number of nitrogens with one attached hydrogen (secondary N) is 2. The van der Waals surface area contributed by atoms with Crippen molar-refractivity contribution in [3.8, 4) is 0 Å². The van der Waals surface area contributed by atoms with Gasteiger partial charge in [-0.1, -0.05) is 64.1 Å². The molecule has 4 N–H and O–H groups in total. The SMILES string of the molecule is CC(C)Cc1ccc(C(NC(=O)NCc2cccc(C(N)=O)c2)C(C)C)cc1. The van der Waals surface area contributed by atoms with Gasteiger partial charge < -0.3 is 16.4 Å². The number of carbonyl (C=O) groups is 2. The summed E-state index contributed by atoms with van der Waals surface area (Å²) in [6.07, 6.45) is 1.05. The number of urea groups is 1. The molecule has 1 atom stereocenters. The third-order valence-electron chi connectivity index (χ3n) is 4.60. The average Bonchev–Trinajstić information content (AvgIpc) is 2.65. The topological polar surface area (TPSA) is 84.2 Å². The zero-order valence-electron chi connectivity index (χ0n) is 17.2. The Bertz CT molecular complexity index is 798. The lowest BCUT2D eigenvalue weighted by molar-refractivity contribution is 0.1000. The van der Waals surface area contributed by atoms with Gasteiger partial charge in [0.05, 0.1) is 6.04 Å². The second-order valence-corrected chi connectivity index (χ2v) is 7.95. The smallest absolute Gasteiger partial charge is 0.315 e. The van der Waals surface area contributed by atoms with Gasteiger partial charge in [0.1, 0.15) is 0 Å². The largest absolute Gasteiger partial charge is 0.366 e. The standard InChI is InChI=1S/C23H31N3O2/c1-15(2)12-17-8-10-19(11-9-17)21(16(3)4)26-23(28)25-14-18-6-5-7-20(13-18)22(24)27/h5-11,13,15-16,21H,12,14H2,1-4H3,(H2,24,27)(H2,25,26,28). The Hall–Kier alpha value is -2.82. The van der Waals surface area contributed by atoms with Crippen LogP contribution in [0.4, 0.5) is 4.79 Å². The van der Waals surface area contributed by atoms with E-state index in [-0.39, 0.29) is 18.0 Å². The van der Waals surface area contributed by atoms with E-state index in [2.05, 4.69) is 62.6 Å². The van der Waals surface area contributed by atoms with Crippen molar-refractivity contribution in [3.05, 3.63) is 70.8 Å². The molecule has 0 saturated carbocycles. The van der Waals surface area contributed by atoms with E-state index < -0.39 is 5.91 Å². The number of nitrogens with two attached hydrogens (primary N) is 1. The van der Waals surface area contributed by atoms with Crippen LogP contribution in [0.2, 0.25) is 0 Å². The number of primary amides is 1. The van der Waals surface area contributed by atoms with Gasteiger partial charge in [0, 0.05) is 12.1 Å². The van der Waals surface area contributed by atoms with Gasteiger partial charge in [-0.15, -0.1) is 0 Å².